The third-order valence-corrected chi connectivity index (χ3v) is 3.77. The third kappa shape index (κ3) is 3.42. The van der Waals surface area contributed by atoms with E-state index in [1.807, 2.05) is 20.8 Å². The van der Waals surface area contributed by atoms with Crippen LogP contribution in [-0.4, -0.2) is 41.9 Å². The fraction of sp³-hybridized carbons (Fsp3) is 0.800. The Balaban J connectivity index is 1.86. The van der Waals surface area contributed by atoms with E-state index in [2.05, 4.69) is 5.92 Å². The number of likely N-dealkylation sites (tertiary alicyclic amines) is 1. The summed E-state index contributed by atoms with van der Waals surface area (Å²) in [6.07, 6.45) is 7.85. The predicted octanol–water partition coefficient (Wildman–Crippen LogP) is 2.43. The number of hydrogen-bond donors (Lipinski definition) is 0. The lowest BCUT2D eigenvalue weighted by Crippen LogP contribution is -2.47. The van der Waals surface area contributed by atoms with Gasteiger partial charge in [0, 0.05) is 19.0 Å². The van der Waals surface area contributed by atoms with Crippen molar-refractivity contribution >= 4 is 6.09 Å². The van der Waals surface area contributed by atoms with E-state index in [9.17, 15) is 4.79 Å². The van der Waals surface area contributed by atoms with Crippen molar-refractivity contribution in [1.29, 1.82) is 0 Å². The lowest BCUT2D eigenvalue weighted by atomic mass is 9.86. The van der Waals surface area contributed by atoms with Gasteiger partial charge in [0.15, 0.2) is 0 Å². The van der Waals surface area contributed by atoms with E-state index in [4.69, 9.17) is 15.9 Å². The molecule has 106 valence electrons. The van der Waals surface area contributed by atoms with E-state index in [1.165, 1.54) is 0 Å². The van der Waals surface area contributed by atoms with Crippen LogP contribution in [0.1, 0.15) is 40.0 Å². The van der Waals surface area contributed by atoms with Gasteiger partial charge in [0.1, 0.15) is 5.60 Å². The van der Waals surface area contributed by atoms with E-state index in [-0.39, 0.29) is 17.6 Å². The van der Waals surface area contributed by atoms with Gasteiger partial charge in [-0.3, -0.25) is 0 Å². The van der Waals surface area contributed by atoms with E-state index in [1.54, 1.807) is 4.90 Å². The van der Waals surface area contributed by atoms with Crippen LogP contribution in [0.15, 0.2) is 0 Å². The largest absolute Gasteiger partial charge is 0.444 e. The smallest absolute Gasteiger partial charge is 0.410 e. The monoisotopic (exact) mass is 265 g/mol. The number of amides is 1. The number of carbonyl (C=O) groups is 1. The normalized spacial score (nSPS) is 26.2. The maximum atomic E-state index is 12.0. The first-order chi connectivity index (χ1) is 8.84. The molecule has 4 heteroatoms. The molecule has 1 spiro atoms. The van der Waals surface area contributed by atoms with Crippen LogP contribution in [0.2, 0.25) is 0 Å². The van der Waals surface area contributed by atoms with Crippen molar-refractivity contribution < 1.29 is 14.3 Å². The van der Waals surface area contributed by atoms with Gasteiger partial charge in [0.2, 0.25) is 0 Å². The predicted molar refractivity (Wildman–Crippen MR) is 72.7 cm³/mol. The highest BCUT2D eigenvalue weighted by Gasteiger charge is 2.43. The summed E-state index contributed by atoms with van der Waals surface area (Å²) in [5, 5.41) is 0. The molecule has 2 aliphatic heterocycles. The zero-order chi connectivity index (χ0) is 14.1. The van der Waals surface area contributed by atoms with Gasteiger partial charge in [-0.05, 0) is 40.0 Å². The number of terminal acetylenes is 1. The van der Waals surface area contributed by atoms with E-state index >= 15 is 0 Å². The average Bonchev–Trinajstić information content (AvgIpc) is 2.71. The lowest BCUT2D eigenvalue weighted by Gasteiger charge is -2.38. The van der Waals surface area contributed by atoms with Crippen LogP contribution in [0.5, 0.6) is 0 Å². The number of rotatable bonds is 0. The van der Waals surface area contributed by atoms with Crippen molar-refractivity contribution in [3.8, 4) is 12.3 Å². The standard InChI is InChI=1S/C15H23NO3/c1-5-12-10-15(18-11-12)6-8-16(9-7-15)13(17)19-14(2,3)4/h1,12H,6-11H2,2-4H3. The second-order valence-electron chi connectivity index (χ2n) is 6.53. The Morgan fingerprint density at radius 2 is 2.05 bits per heavy atom. The maximum Gasteiger partial charge on any atom is 0.410 e. The lowest BCUT2D eigenvalue weighted by molar-refractivity contribution is -0.0485. The molecule has 2 saturated heterocycles. The van der Waals surface area contributed by atoms with Gasteiger partial charge in [-0.25, -0.2) is 4.79 Å². The first kappa shape index (κ1) is 14.2. The minimum atomic E-state index is -0.440. The topological polar surface area (TPSA) is 38.8 Å². The fourth-order valence-electron chi connectivity index (χ4n) is 2.72. The summed E-state index contributed by atoms with van der Waals surface area (Å²) in [7, 11) is 0. The van der Waals surface area contributed by atoms with Crippen LogP contribution in [-0.2, 0) is 9.47 Å². The van der Waals surface area contributed by atoms with Gasteiger partial charge < -0.3 is 14.4 Å². The van der Waals surface area contributed by atoms with Crippen LogP contribution in [0.4, 0.5) is 4.79 Å². The van der Waals surface area contributed by atoms with Gasteiger partial charge in [-0.2, -0.15) is 0 Å². The number of hydrogen-bond acceptors (Lipinski definition) is 3. The third-order valence-electron chi connectivity index (χ3n) is 3.77. The minimum absolute atomic E-state index is 0.102. The van der Waals surface area contributed by atoms with E-state index in [0.717, 1.165) is 19.3 Å². The molecule has 0 radical (unpaired) electrons. The van der Waals surface area contributed by atoms with Crippen molar-refractivity contribution in [3.05, 3.63) is 0 Å². The summed E-state index contributed by atoms with van der Waals surface area (Å²) in [6.45, 7) is 7.68. The number of piperidine rings is 1. The minimum Gasteiger partial charge on any atom is -0.444 e. The zero-order valence-corrected chi connectivity index (χ0v) is 12.1. The Kier molecular flexibility index (Phi) is 3.78. The molecule has 0 aliphatic carbocycles. The summed E-state index contributed by atoms with van der Waals surface area (Å²) < 4.78 is 11.3. The Bertz CT molecular complexity index is 383. The van der Waals surface area contributed by atoms with E-state index < -0.39 is 5.60 Å². The maximum absolute atomic E-state index is 12.0. The highest BCUT2D eigenvalue weighted by molar-refractivity contribution is 5.68. The summed E-state index contributed by atoms with van der Waals surface area (Å²) in [4.78, 5) is 13.7. The molecule has 0 aromatic heterocycles. The average molecular weight is 265 g/mol. The fourth-order valence-corrected chi connectivity index (χ4v) is 2.72. The molecular weight excluding hydrogens is 242 g/mol. The molecule has 19 heavy (non-hydrogen) atoms. The summed E-state index contributed by atoms with van der Waals surface area (Å²) in [5.41, 5.74) is -0.541. The molecule has 0 saturated carbocycles. The number of nitrogens with zero attached hydrogens (tertiary/aromatic N) is 1. The molecule has 0 aromatic carbocycles. The molecule has 0 aromatic rings. The van der Waals surface area contributed by atoms with Crippen molar-refractivity contribution in [2.75, 3.05) is 19.7 Å². The Labute approximate surface area is 115 Å². The van der Waals surface area contributed by atoms with Crippen LogP contribution in [0.25, 0.3) is 0 Å². The number of ether oxygens (including phenoxy) is 2. The Morgan fingerprint density at radius 1 is 1.42 bits per heavy atom. The molecule has 4 nitrogen and oxygen atoms in total. The van der Waals surface area contributed by atoms with Crippen molar-refractivity contribution in [2.45, 2.75) is 51.2 Å². The molecule has 1 unspecified atom stereocenters. The SMILES string of the molecule is C#CC1COC2(CCN(C(=O)OC(C)(C)C)CC2)C1. The molecule has 1 amide bonds. The second kappa shape index (κ2) is 5.05. The second-order valence-corrected chi connectivity index (χ2v) is 6.53. The molecule has 2 fully saturated rings. The van der Waals surface area contributed by atoms with Crippen molar-refractivity contribution in [1.82, 2.24) is 4.90 Å². The molecule has 2 aliphatic rings. The van der Waals surface area contributed by atoms with E-state index in [0.29, 0.717) is 19.7 Å². The Hall–Kier alpha value is -1.21. The van der Waals surface area contributed by atoms with Gasteiger partial charge >= 0.3 is 6.09 Å². The highest BCUT2D eigenvalue weighted by atomic mass is 16.6. The first-order valence-electron chi connectivity index (χ1n) is 6.92. The molecule has 2 heterocycles. The van der Waals surface area contributed by atoms with Gasteiger partial charge in [-0.1, -0.05) is 0 Å². The van der Waals surface area contributed by atoms with Gasteiger partial charge in [0.25, 0.3) is 0 Å². The molecule has 0 N–H and O–H groups in total. The summed E-state index contributed by atoms with van der Waals surface area (Å²) in [5.74, 6) is 3.00. The van der Waals surface area contributed by atoms with Crippen molar-refractivity contribution in [2.24, 2.45) is 5.92 Å². The first-order valence-corrected chi connectivity index (χ1v) is 6.92. The van der Waals surface area contributed by atoms with Crippen LogP contribution >= 0.6 is 0 Å². The summed E-state index contributed by atoms with van der Waals surface area (Å²) >= 11 is 0. The van der Waals surface area contributed by atoms with Gasteiger partial charge in [-0.15, -0.1) is 12.3 Å². The molecule has 1 atom stereocenters. The summed E-state index contributed by atoms with van der Waals surface area (Å²) in [6, 6.07) is 0. The molecule has 0 bridgehead atoms. The van der Waals surface area contributed by atoms with Crippen LogP contribution in [0, 0.1) is 18.3 Å². The van der Waals surface area contributed by atoms with Crippen molar-refractivity contribution in [3.63, 3.8) is 0 Å². The van der Waals surface area contributed by atoms with Gasteiger partial charge in [0.05, 0.1) is 12.2 Å². The quantitative estimate of drug-likeness (QED) is 0.631. The Morgan fingerprint density at radius 3 is 2.53 bits per heavy atom. The zero-order valence-electron chi connectivity index (χ0n) is 12.1. The molecular formula is C15H23NO3. The molecule has 2 rings (SSSR count). The van der Waals surface area contributed by atoms with Crippen LogP contribution < -0.4 is 0 Å². The number of carbonyl (C=O) groups excluding carboxylic acids is 1. The van der Waals surface area contributed by atoms with Crippen LogP contribution in [0.3, 0.4) is 0 Å². The highest BCUT2D eigenvalue weighted by Crippen LogP contribution is 2.38.